The number of amides is 1. The third-order valence-electron chi connectivity index (χ3n) is 7.10. The monoisotopic (exact) mass is 540 g/mol. The van der Waals surface area contributed by atoms with Crippen LogP contribution in [0.25, 0.3) is 0 Å². The highest BCUT2D eigenvalue weighted by molar-refractivity contribution is 7.90. The predicted molar refractivity (Wildman–Crippen MR) is 152 cm³/mol. The molecule has 1 aromatic heterocycles. The topological polar surface area (TPSA) is 92.3 Å². The second-order valence-electron chi connectivity index (χ2n) is 10.1. The van der Waals surface area contributed by atoms with Crippen molar-refractivity contribution in [3.05, 3.63) is 119 Å². The molecule has 0 spiro atoms. The normalized spacial score (nSPS) is 14.2. The number of hydrogen-bond acceptors (Lipinski definition) is 6. The van der Waals surface area contributed by atoms with Gasteiger partial charge in [0.05, 0.1) is 16.2 Å². The van der Waals surface area contributed by atoms with Crippen LogP contribution in [0, 0.1) is 12.8 Å². The molecule has 5 rings (SSSR count). The van der Waals surface area contributed by atoms with Gasteiger partial charge >= 0.3 is 0 Å². The van der Waals surface area contributed by atoms with Gasteiger partial charge in [-0.25, -0.2) is 23.1 Å². The van der Waals surface area contributed by atoms with Crippen molar-refractivity contribution in [1.82, 2.24) is 14.7 Å². The number of nitrogens with zero attached hydrogens (tertiary/aromatic N) is 3. The van der Waals surface area contributed by atoms with Crippen LogP contribution in [0.3, 0.4) is 0 Å². The van der Waals surface area contributed by atoms with Gasteiger partial charge < -0.3 is 4.90 Å². The maximum absolute atomic E-state index is 13.2. The Morgan fingerprint density at radius 1 is 0.923 bits per heavy atom. The van der Waals surface area contributed by atoms with Crippen LogP contribution in [0.5, 0.6) is 0 Å². The zero-order valence-electron chi connectivity index (χ0n) is 22.0. The minimum Gasteiger partial charge on any atom is -0.341 e. The first-order chi connectivity index (χ1) is 18.9. The summed E-state index contributed by atoms with van der Waals surface area (Å²) in [6.07, 6.45) is 4.96. The van der Waals surface area contributed by atoms with Crippen LogP contribution in [-0.2, 0) is 22.9 Å². The van der Waals surface area contributed by atoms with Crippen LogP contribution in [0.15, 0.2) is 96.0 Å². The fourth-order valence-corrected chi connectivity index (χ4v) is 6.01. The lowest BCUT2D eigenvalue weighted by atomic mass is 9.90. The quantitative estimate of drug-likeness (QED) is 0.340. The summed E-state index contributed by atoms with van der Waals surface area (Å²) < 4.78 is 27.8. The smallest absolute Gasteiger partial charge is 0.268 e. The Bertz CT molecular complexity index is 1530. The van der Waals surface area contributed by atoms with Crippen molar-refractivity contribution in [2.75, 3.05) is 18.0 Å². The second kappa shape index (κ2) is 11.8. The number of rotatable bonds is 8. The molecule has 0 bridgehead atoms. The minimum absolute atomic E-state index is 0.0227. The van der Waals surface area contributed by atoms with E-state index in [4.69, 9.17) is 4.98 Å². The summed E-state index contributed by atoms with van der Waals surface area (Å²) in [6.45, 7) is 3.67. The molecule has 2 heterocycles. The van der Waals surface area contributed by atoms with Crippen molar-refractivity contribution in [3.63, 3.8) is 0 Å². The largest absolute Gasteiger partial charge is 0.341 e. The highest BCUT2D eigenvalue weighted by atomic mass is 32.2. The van der Waals surface area contributed by atoms with Gasteiger partial charge in [-0.1, -0.05) is 78.4 Å². The molecule has 1 aliphatic rings. The number of nitrogens with one attached hydrogen (secondary N) is 1. The van der Waals surface area contributed by atoms with Crippen LogP contribution >= 0.6 is 0 Å². The van der Waals surface area contributed by atoms with Crippen LogP contribution in [0.1, 0.15) is 45.6 Å². The molecular weight excluding hydrogens is 508 g/mol. The van der Waals surface area contributed by atoms with Gasteiger partial charge in [0.2, 0.25) is 5.95 Å². The number of anilines is 1. The fraction of sp³-hybridized carbons (Fsp3) is 0.258. The molecule has 1 saturated heterocycles. The maximum Gasteiger partial charge on any atom is 0.268 e. The molecule has 0 unspecified atom stereocenters. The van der Waals surface area contributed by atoms with E-state index in [1.807, 2.05) is 37.3 Å². The first-order valence-corrected chi connectivity index (χ1v) is 14.7. The molecule has 1 amide bonds. The van der Waals surface area contributed by atoms with E-state index in [0.717, 1.165) is 43.5 Å². The molecule has 200 valence electrons. The lowest BCUT2D eigenvalue weighted by Gasteiger charge is -2.32. The average molecular weight is 541 g/mol. The van der Waals surface area contributed by atoms with Gasteiger partial charge in [-0.2, -0.15) is 0 Å². The van der Waals surface area contributed by atoms with Gasteiger partial charge in [-0.15, -0.1) is 0 Å². The summed E-state index contributed by atoms with van der Waals surface area (Å²) in [5.41, 5.74) is 4.09. The Morgan fingerprint density at radius 2 is 1.59 bits per heavy atom. The summed E-state index contributed by atoms with van der Waals surface area (Å²) >= 11 is 0. The van der Waals surface area contributed by atoms with Crippen molar-refractivity contribution in [2.24, 2.45) is 5.92 Å². The highest BCUT2D eigenvalue weighted by Crippen LogP contribution is 2.25. The van der Waals surface area contributed by atoms with E-state index in [1.54, 1.807) is 18.2 Å². The molecular formula is C31H32N4O3S. The van der Waals surface area contributed by atoms with Gasteiger partial charge in [-0.05, 0) is 55.4 Å². The number of sulfonamides is 1. The molecule has 4 aromatic rings. The molecule has 1 aliphatic heterocycles. The summed E-state index contributed by atoms with van der Waals surface area (Å²) in [4.78, 5) is 24.7. The van der Waals surface area contributed by atoms with E-state index >= 15 is 0 Å². The predicted octanol–water partition coefficient (Wildman–Crippen LogP) is 4.95. The first kappa shape index (κ1) is 26.6. The molecule has 0 saturated carbocycles. The molecule has 3 aromatic carbocycles. The number of carbonyl (C=O) groups excluding carboxylic acids is 1. The first-order valence-electron chi connectivity index (χ1n) is 13.2. The molecule has 8 heteroatoms. The van der Waals surface area contributed by atoms with Gasteiger partial charge in [0.15, 0.2) is 0 Å². The Kier molecular flexibility index (Phi) is 8.02. The van der Waals surface area contributed by atoms with E-state index in [1.165, 1.54) is 23.9 Å². The van der Waals surface area contributed by atoms with E-state index in [-0.39, 0.29) is 10.5 Å². The average Bonchev–Trinajstić information content (AvgIpc) is 2.94. The SMILES string of the molecule is Cc1cccc(Cc2nc(N3CCC(Cc4ccccc4)CC3)ncc2C(=O)NS(=O)(=O)c2ccccc2)c1. The van der Waals surface area contributed by atoms with Crippen LogP contribution in [0.4, 0.5) is 5.95 Å². The Labute approximate surface area is 230 Å². The van der Waals surface area contributed by atoms with Crippen molar-refractivity contribution in [1.29, 1.82) is 0 Å². The summed E-state index contributed by atoms with van der Waals surface area (Å²) in [5.74, 6) is 0.427. The summed E-state index contributed by atoms with van der Waals surface area (Å²) in [6, 6.07) is 26.4. The Balaban J connectivity index is 1.37. The van der Waals surface area contributed by atoms with Crippen LogP contribution < -0.4 is 9.62 Å². The van der Waals surface area contributed by atoms with Crippen molar-refractivity contribution >= 4 is 21.9 Å². The third kappa shape index (κ3) is 6.70. The van der Waals surface area contributed by atoms with E-state index in [9.17, 15) is 13.2 Å². The van der Waals surface area contributed by atoms with E-state index < -0.39 is 15.9 Å². The standard InChI is InChI=1S/C31H32N4O3S/c1-23-9-8-12-26(19-23)21-29-28(30(36)34-39(37,38)27-13-6-3-7-14-27)22-32-31(33-29)35-17-15-25(16-18-35)20-24-10-4-2-5-11-24/h2-14,19,22,25H,15-18,20-21H2,1H3,(H,34,36). The number of piperidine rings is 1. The van der Waals surface area contributed by atoms with Gasteiger partial charge in [-0.3, -0.25) is 4.79 Å². The number of aromatic nitrogens is 2. The fourth-order valence-electron chi connectivity index (χ4n) is 5.02. The van der Waals surface area contributed by atoms with Crippen molar-refractivity contribution in [2.45, 2.75) is 37.5 Å². The summed E-state index contributed by atoms with van der Waals surface area (Å²) in [5, 5.41) is 0. The number of hydrogen-bond donors (Lipinski definition) is 1. The lowest BCUT2D eigenvalue weighted by Crippen LogP contribution is -2.36. The van der Waals surface area contributed by atoms with Gasteiger partial charge in [0.25, 0.3) is 15.9 Å². The molecule has 0 aliphatic carbocycles. The number of aryl methyl sites for hydroxylation is 1. The zero-order chi connectivity index (χ0) is 27.2. The molecule has 0 radical (unpaired) electrons. The van der Waals surface area contributed by atoms with Crippen LogP contribution in [-0.4, -0.2) is 37.4 Å². The molecule has 7 nitrogen and oxygen atoms in total. The van der Waals surface area contributed by atoms with E-state index in [0.29, 0.717) is 24.0 Å². The minimum atomic E-state index is -4.03. The zero-order valence-corrected chi connectivity index (χ0v) is 22.8. The van der Waals surface area contributed by atoms with Gasteiger partial charge in [0.1, 0.15) is 0 Å². The third-order valence-corrected chi connectivity index (χ3v) is 8.45. The molecule has 0 atom stereocenters. The highest BCUT2D eigenvalue weighted by Gasteiger charge is 2.25. The number of benzene rings is 3. The van der Waals surface area contributed by atoms with E-state index in [2.05, 4.69) is 38.9 Å². The number of carbonyl (C=O) groups is 1. The Hall–Kier alpha value is -4.04. The van der Waals surface area contributed by atoms with Crippen LogP contribution in [0.2, 0.25) is 0 Å². The maximum atomic E-state index is 13.2. The molecule has 1 fully saturated rings. The molecule has 39 heavy (non-hydrogen) atoms. The van der Waals surface area contributed by atoms with Crippen molar-refractivity contribution < 1.29 is 13.2 Å². The Morgan fingerprint density at radius 3 is 2.28 bits per heavy atom. The van der Waals surface area contributed by atoms with Gasteiger partial charge in [0, 0.05) is 25.7 Å². The lowest BCUT2D eigenvalue weighted by molar-refractivity contribution is 0.0980. The van der Waals surface area contributed by atoms with Crippen molar-refractivity contribution in [3.8, 4) is 0 Å². The second-order valence-corrected chi connectivity index (χ2v) is 11.7. The summed E-state index contributed by atoms with van der Waals surface area (Å²) in [7, 11) is -4.03. The molecule has 1 N–H and O–H groups in total.